The summed E-state index contributed by atoms with van der Waals surface area (Å²) >= 11 is 0. The summed E-state index contributed by atoms with van der Waals surface area (Å²) in [6, 6.07) is 4.34. The van der Waals surface area contributed by atoms with Crippen LogP contribution in [0.5, 0.6) is 5.75 Å². The molecule has 1 aliphatic rings. The van der Waals surface area contributed by atoms with Crippen LogP contribution in [0.4, 0.5) is 4.39 Å². The monoisotopic (exact) mass is 194 g/mol. The standard InChI is InChI=1S/C12H15FO/c13-12-7-6-10(14)8-11(12)9-4-2-1-3-5-9/h6-9,14H,1-5H2. The number of rotatable bonds is 1. The van der Waals surface area contributed by atoms with E-state index < -0.39 is 0 Å². The van der Waals surface area contributed by atoms with E-state index in [-0.39, 0.29) is 11.6 Å². The highest BCUT2D eigenvalue weighted by atomic mass is 19.1. The third-order valence-electron chi connectivity index (χ3n) is 3.02. The average molecular weight is 194 g/mol. The number of hydrogen-bond donors (Lipinski definition) is 1. The van der Waals surface area contributed by atoms with Crippen molar-refractivity contribution in [1.82, 2.24) is 0 Å². The Bertz CT molecular complexity index is 316. The Kier molecular flexibility index (Phi) is 2.71. The van der Waals surface area contributed by atoms with E-state index in [1.807, 2.05) is 0 Å². The zero-order chi connectivity index (χ0) is 9.97. The molecule has 2 rings (SSSR count). The van der Waals surface area contributed by atoms with E-state index in [0.717, 1.165) is 12.8 Å². The van der Waals surface area contributed by atoms with Gasteiger partial charge in [0.05, 0.1) is 0 Å². The summed E-state index contributed by atoms with van der Waals surface area (Å²) in [5.74, 6) is 0.317. The van der Waals surface area contributed by atoms with Gasteiger partial charge in [0.2, 0.25) is 0 Å². The second-order valence-corrected chi connectivity index (χ2v) is 4.04. The van der Waals surface area contributed by atoms with E-state index in [0.29, 0.717) is 11.5 Å². The van der Waals surface area contributed by atoms with E-state index >= 15 is 0 Å². The lowest BCUT2D eigenvalue weighted by Crippen LogP contribution is -2.06. The minimum absolute atomic E-state index is 0.172. The molecule has 0 amide bonds. The Morgan fingerprint density at radius 1 is 1.14 bits per heavy atom. The molecular formula is C12H15FO. The van der Waals surface area contributed by atoms with Gasteiger partial charge in [0.25, 0.3) is 0 Å². The summed E-state index contributed by atoms with van der Waals surface area (Å²) in [5.41, 5.74) is 0.699. The van der Waals surface area contributed by atoms with Crippen molar-refractivity contribution < 1.29 is 9.50 Å². The molecular weight excluding hydrogens is 179 g/mol. The highest BCUT2D eigenvalue weighted by Crippen LogP contribution is 2.35. The van der Waals surface area contributed by atoms with Gasteiger partial charge in [-0.15, -0.1) is 0 Å². The number of aromatic hydroxyl groups is 1. The normalized spacial score (nSPS) is 18.4. The zero-order valence-corrected chi connectivity index (χ0v) is 8.17. The summed E-state index contributed by atoms with van der Waals surface area (Å²) in [6.45, 7) is 0. The fourth-order valence-corrected chi connectivity index (χ4v) is 2.26. The van der Waals surface area contributed by atoms with Crippen LogP contribution in [-0.2, 0) is 0 Å². The molecule has 1 nitrogen and oxygen atoms in total. The van der Waals surface area contributed by atoms with Crippen LogP contribution < -0.4 is 0 Å². The largest absolute Gasteiger partial charge is 0.508 e. The first kappa shape index (κ1) is 9.50. The van der Waals surface area contributed by atoms with Gasteiger partial charge in [-0.05, 0) is 42.5 Å². The average Bonchev–Trinajstić information content (AvgIpc) is 2.23. The maximum absolute atomic E-state index is 13.4. The van der Waals surface area contributed by atoms with Gasteiger partial charge in [0, 0.05) is 0 Å². The van der Waals surface area contributed by atoms with Gasteiger partial charge in [-0.1, -0.05) is 19.3 Å². The van der Waals surface area contributed by atoms with Crippen molar-refractivity contribution >= 4 is 0 Å². The van der Waals surface area contributed by atoms with Gasteiger partial charge in [-0.2, -0.15) is 0 Å². The molecule has 0 aliphatic heterocycles. The number of phenols is 1. The lowest BCUT2D eigenvalue weighted by atomic mass is 9.84. The molecule has 14 heavy (non-hydrogen) atoms. The Labute approximate surface area is 83.6 Å². The van der Waals surface area contributed by atoms with Crippen molar-refractivity contribution in [3.8, 4) is 5.75 Å². The highest BCUT2D eigenvalue weighted by molar-refractivity contribution is 5.31. The van der Waals surface area contributed by atoms with Gasteiger partial charge in [0.15, 0.2) is 0 Å². The summed E-state index contributed by atoms with van der Waals surface area (Å²) in [4.78, 5) is 0. The quantitative estimate of drug-likeness (QED) is 0.724. The molecule has 0 atom stereocenters. The van der Waals surface area contributed by atoms with E-state index in [1.54, 1.807) is 6.07 Å². The fourth-order valence-electron chi connectivity index (χ4n) is 2.26. The summed E-state index contributed by atoms with van der Waals surface area (Å²) in [7, 11) is 0. The van der Waals surface area contributed by atoms with Crippen molar-refractivity contribution in [3.05, 3.63) is 29.6 Å². The first-order valence-corrected chi connectivity index (χ1v) is 5.26. The third kappa shape index (κ3) is 1.89. The van der Waals surface area contributed by atoms with E-state index in [9.17, 15) is 9.50 Å². The topological polar surface area (TPSA) is 20.2 Å². The summed E-state index contributed by atoms with van der Waals surface area (Å²) in [6.07, 6.45) is 5.73. The van der Waals surface area contributed by atoms with Crippen LogP contribution in [0.1, 0.15) is 43.6 Å². The minimum Gasteiger partial charge on any atom is -0.508 e. The third-order valence-corrected chi connectivity index (χ3v) is 3.02. The first-order chi connectivity index (χ1) is 6.77. The van der Waals surface area contributed by atoms with E-state index in [2.05, 4.69) is 0 Å². The predicted octanol–water partition coefficient (Wildman–Crippen LogP) is 3.58. The van der Waals surface area contributed by atoms with Crippen molar-refractivity contribution in [1.29, 1.82) is 0 Å². The van der Waals surface area contributed by atoms with Gasteiger partial charge in [-0.3, -0.25) is 0 Å². The molecule has 0 saturated heterocycles. The fraction of sp³-hybridized carbons (Fsp3) is 0.500. The van der Waals surface area contributed by atoms with Crippen LogP contribution in [0.2, 0.25) is 0 Å². The van der Waals surface area contributed by atoms with Gasteiger partial charge < -0.3 is 5.11 Å². The van der Waals surface area contributed by atoms with Crippen molar-refractivity contribution in [3.63, 3.8) is 0 Å². The second-order valence-electron chi connectivity index (χ2n) is 4.04. The van der Waals surface area contributed by atoms with Crippen molar-refractivity contribution in [2.24, 2.45) is 0 Å². The van der Waals surface area contributed by atoms with Gasteiger partial charge >= 0.3 is 0 Å². The molecule has 1 fully saturated rings. The molecule has 0 bridgehead atoms. The van der Waals surface area contributed by atoms with Gasteiger partial charge in [0.1, 0.15) is 11.6 Å². The molecule has 1 aromatic rings. The molecule has 1 saturated carbocycles. The summed E-state index contributed by atoms with van der Waals surface area (Å²) in [5, 5.41) is 9.30. The Balaban J connectivity index is 2.24. The molecule has 0 radical (unpaired) electrons. The molecule has 0 heterocycles. The molecule has 0 unspecified atom stereocenters. The maximum Gasteiger partial charge on any atom is 0.126 e. The molecule has 1 N–H and O–H groups in total. The lowest BCUT2D eigenvalue weighted by Gasteiger charge is -2.22. The summed E-state index contributed by atoms with van der Waals surface area (Å²) < 4.78 is 13.4. The number of halogens is 1. The Hall–Kier alpha value is -1.05. The van der Waals surface area contributed by atoms with Crippen LogP contribution in [0.15, 0.2) is 18.2 Å². The van der Waals surface area contributed by atoms with E-state index in [4.69, 9.17) is 0 Å². The lowest BCUT2D eigenvalue weighted by molar-refractivity contribution is 0.423. The van der Waals surface area contributed by atoms with Gasteiger partial charge in [-0.25, -0.2) is 4.39 Å². The first-order valence-electron chi connectivity index (χ1n) is 5.26. The minimum atomic E-state index is -0.172. The van der Waals surface area contributed by atoms with Crippen LogP contribution >= 0.6 is 0 Å². The number of phenolic OH excluding ortho intramolecular Hbond substituents is 1. The van der Waals surface area contributed by atoms with Crippen LogP contribution in [0, 0.1) is 5.82 Å². The Morgan fingerprint density at radius 2 is 1.86 bits per heavy atom. The number of hydrogen-bond acceptors (Lipinski definition) is 1. The van der Waals surface area contributed by atoms with Crippen LogP contribution in [-0.4, -0.2) is 5.11 Å². The Morgan fingerprint density at radius 3 is 2.57 bits per heavy atom. The van der Waals surface area contributed by atoms with E-state index in [1.165, 1.54) is 31.4 Å². The molecule has 0 aromatic heterocycles. The molecule has 1 aliphatic carbocycles. The maximum atomic E-state index is 13.4. The second kappa shape index (κ2) is 3.99. The van der Waals surface area contributed by atoms with Crippen LogP contribution in [0.25, 0.3) is 0 Å². The number of benzene rings is 1. The molecule has 76 valence electrons. The zero-order valence-electron chi connectivity index (χ0n) is 8.17. The smallest absolute Gasteiger partial charge is 0.126 e. The highest BCUT2D eigenvalue weighted by Gasteiger charge is 2.18. The van der Waals surface area contributed by atoms with Crippen molar-refractivity contribution in [2.75, 3.05) is 0 Å². The predicted molar refractivity (Wildman–Crippen MR) is 53.9 cm³/mol. The molecule has 0 spiro atoms. The molecule has 2 heteroatoms. The van der Waals surface area contributed by atoms with Crippen molar-refractivity contribution in [2.45, 2.75) is 38.0 Å². The van der Waals surface area contributed by atoms with Crippen LogP contribution in [0.3, 0.4) is 0 Å². The SMILES string of the molecule is Oc1ccc(F)c(C2CCCCC2)c1. The molecule has 1 aromatic carbocycles.